The van der Waals surface area contributed by atoms with Crippen LogP contribution in [0.25, 0.3) is 0 Å². The van der Waals surface area contributed by atoms with Crippen molar-refractivity contribution in [3.05, 3.63) is 41.8 Å². The van der Waals surface area contributed by atoms with Crippen LogP contribution in [0.4, 0.5) is 0 Å². The quantitative estimate of drug-likeness (QED) is 0.720. The van der Waals surface area contributed by atoms with Gasteiger partial charge in [-0.25, -0.2) is 0 Å². The van der Waals surface area contributed by atoms with Crippen molar-refractivity contribution in [2.75, 3.05) is 0 Å². The second kappa shape index (κ2) is 3.49. The minimum atomic E-state index is 0. The summed E-state index contributed by atoms with van der Waals surface area (Å²) < 4.78 is 0. The van der Waals surface area contributed by atoms with E-state index in [0.717, 1.165) is 6.42 Å². The molecule has 0 saturated carbocycles. The van der Waals surface area contributed by atoms with Crippen LogP contribution >= 0.6 is 0 Å². The summed E-state index contributed by atoms with van der Waals surface area (Å²) in [7, 11) is 0. The van der Waals surface area contributed by atoms with E-state index in [1.54, 1.807) is 0 Å². The first kappa shape index (κ1) is 8.93. The molecule has 0 saturated heterocycles. The third-order valence-corrected chi connectivity index (χ3v) is 2.01. The van der Waals surface area contributed by atoms with Crippen LogP contribution in [0.1, 0.15) is 17.2 Å². The molecule has 2 rings (SSSR count). The van der Waals surface area contributed by atoms with Gasteiger partial charge < -0.3 is 12.2 Å². The second-order valence-electron chi connectivity index (χ2n) is 2.66. The van der Waals surface area contributed by atoms with Gasteiger partial charge in [0.1, 0.15) is 0 Å². The maximum Gasteiger partial charge on any atom is 0 e. The fourth-order valence-electron chi connectivity index (χ4n) is 1.43. The van der Waals surface area contributed by atoms with Crippen LogP contribution in [0.2, 0.25) is 0 Å². The average molecular weight is 318 g/mol. The SMILES string of the molecule is NC1[CH-]Cc2ccccc21.[Re]. The van der Waals surface area contributed by atoms with E-state index >= 15 is 0 Å². The van der Waals surface area contributed by atoms with Crippen molar-refractivity contribution in [1.82, 2.24) is 0 Å². The van der Waals surface area contributed by atoms with E-state index in [-0.39, 0.29) is 26.5 Å². The molecule has 0 heterocycles. The van der Waals surface area contributed by atoms with Gasteiger partial charge >= 0.3 is 0 Å². The number of hydrogen-bond donors (Lipinski definition) is 1. The minimum absolute atomic E-state index is 0. The maximum absolute atomic E-state index is 5.79. The molecule has 2 heteroatoms. The number of benzene rings is 1. The topological polar surface area (TPSA) is 26.0 Å². The molecule has 0 spiro atoms. The van der Waals surface area contributed by atoms with E-state index < -0.39 is 0 Å². The molecule has 11 heavy (non-hydrogen) atoms. The molecule has 1 aromatic carbocycles. The monoisotopic (exact) mass is 319 g/mol. The van der Waals surface area contributed by atoms with Crippen LogP contribution in [0, 0.1) is 6.42 Å². The third kappa shape index (κ3) is 1.54. The molecule has 1 unspecified atom stereocenters. The summed E-state index contributed by atoms with van der Waals surface area (Å²) in [6.45, 7) is 0. The van der Waals surface area contributed by atoms with E-state index in [0.29, 0.717) is 0 Å². The smallest absolute Gasteiger partial charge is 0 e. The van der Waals surface area contributed by atoms with E-state index in [9.17, 15) is 0 Å². The number of rotatable bonds is 0. The Bertz CT molecular complexity index is 247. The summed E-state index contributed by atoms with van der Waals surface area (Å²) in [5.74, 6) is 0. The molecule has 1 aromatic rings. The summed E-state index contributed by atoms with van der Waals surface area (Å²) in [6, 6.07) is 8.52. The normalized spacial score (nSPS) is 20.6. The molecule has 1 nitrogen and oxygen atoms in total. The Kier molecular flexibility index (Phi) is 2.84. The first-order valence-corrected chi connectivity index (χ1v) is 3.54. The van der Waals surface area contributed by atoms with Gasteiger partial charge in [0, 0.05) is 20.4 Å². The Morgan fingerprint density at radius 3 is 2.82 bits per heavy atom. The van der Waals surface area contributed by atoms with Gasteiger partial charge in [0.2, 0.25) is 0 Å². The van der Waals surface area contributed by atoms with Crippen molar-refractivity contribution >= 4 is 0 Å². The summed E-state index contributed by atoms with van der Waals surface area (Å²) in [5.41, 5.74) is 8.47. The molecule has 1 aliphatic carbocycles. The Balaban J connectivity index is 0.000000605. The first-order chi connectivity index (χ1) is 4.88. The zero-order valence-electron chi connectivity index (χ0n) is 6.13. The summed E-state index contributed by atoms with van der Waals surface area (Å²) >= 11 is 0. The molecule has 0 aromatic heterocycles. The van der Waals surface area contributed by atoms with Gasteiger partial charge in [-0.1, -0.05) is 41.4 Å². The van der Waals surface area contributed by atoms with Gasteiger partial charge in [-0.2, -0.15) is 6.42 Å². The van der Waals surface area contributed by atoms with Crippen LogP contribution in [-0.2, 0) is 26.8 Å². The predicted octanol–water partition coefficient (Wildman–Crippen LogP) is 1.44. The minimum Gasteiger partial charge on any atom is -0.353 e. The van der Waals surface area contributed by atoms with Crippen molar-refractivity contribution in [2.24, 2.45) is 5.73 Å². The second-order valence-corrected chi connectivity index (χ2v) is 2.66. The van der Waals surface area contributed by atoms with E-state index in [4.69, 9.17) is 5.73 Å². The molecular weight excluding hydrogens is 308 g/mol. The Hall–Kier alpha value is -0.158. The number of nitrogens with two attached hydrogens (primary N) is 1. The fourth-order valence-corrected chi connectivity index (χ4v) is 1.43. The van der Waals surface area contributed by atoms with Crippen molar-refractivity contribution in [1.29, 1.82) is 0 Å². The zero-order valence-corrected chi connectivity index (χ0v) is 8.84. The van der Waals surface area contributed by atoms with Crippen LogP contribution in [0.15, 0.2) is 24.3 Å². The van der Waals surface area contributed by atoms with Crippen LogP contribution in [0.5, 0.6) is 0 Å². The average Bonchev–Trinajstić information content (AvgIpc) is 2.34. The van der Waals surface area contributed by atoms with Gasteiger partial charge in [0.25, 0.3) is 0 Å². The van der Waals surface area contributed by atoms with Crippen LogP contribution in [-0.4, -0.2) is 0 Å². The van der Waals surface area contributed by atoms with Crippen molar-refractivity contribution in [3.63, 3.8) is 0 Å². The van der Waals surface area contributed by atoms with Gasteiger partial charge in [-0.05, 0) is 0 Å². The fraction of sp³-hybridized carbons (Fsp3) is 0.222. The maximum atomic E-state index is 5.79. The molecule has 0 aliphatic heterocycles. The van der Waals surface area contributed by atoms with E-state index in [1.165, 1.54) is 11.1 Å². The molecule has 2 N–H and O–H groups in total. The molecule has 59 valence electrons. The van der Waals surface area contributed by atoms with Crippen LogP contribution < -0.4 is 5.73 Å². The predicted molar refractivity (Wildman–Crippen MR) is 41.4 cm³/mol. The first-order valence-electron chi connectivity index (χ1n) is 3.54. The molecule has 1 aliphatic rings. The van der Waals surface area contributed by atoms with Crippen molar-refractivity contribution in [2.45, 2.75) is 12.5 Å². The van der Waals surface area contributed by atoms with Crippen molar-refractivity contribution in [3.8, 4) is 0 Å². The van der Waals surface area contributed by atoms with Gasteiger partial charge in [-0.15, -0.1) is 0 Å². The molecule has 1 atom stereocenters. The van der Waals surface area contributed by atoms with Gasteiger partial charge in [-0.3, -0.25) is 0 Å². The van der Waals surface area contributed by atoms with Gasteiger partial charge in [0.15, 0.2) is 0 Å². The summed E-state index contributed by atoms with van der Waals surface area (Å²) in [6.07, 6.45) is 3.18. The van der Waals surface area contributed by atoms with Crippen LogP contribution in [0.3, 0.4) is 0 Å². The van der Waals surface area contributed by atoms with Crippen molar-refractivity contribution < 1.29 is 20.4 Å². The molecule has 1 radical (unpaired) electrons. The van der Waals surface area contributed by atoms with E-state index in [2.05, 4.69) is 24.6 Å². The zero-order chi connectivity index (χ0) is 6.97. The summed E-state index contributed by atoms with van der Waals surface area (Å²) in [5, 5.41) is 0. The molecule has 0 fully saturated rings. The van der Waals surface area contributed by atoms with Gasteiger partial charge in [0.05, 0.1) is 0 Å². The largest absolute Gasteiger partial charge is 0.353 e. The number of fused-ring (bicyclic) bond motifs is 1. The summed E-state index contributed by atoms with van der Waals surface area (Å²) in [4.78, 5) is 0. The van der Waals surface area contributed by atoms with E-state index in [1.807, 2.05) is 6.07 Å². The molecule has 0 bridgehead atoms. The molecule has 0 amide bonds. The number of hydrogen-bond acceptors (Lipinski definition) is 1. The Labute approximate surface area is 80.6 Å². The Morgan fingerprint density at radius 2 is 2.09 bits per heavy atom. The standard InChI is InChI=1S/C9H10N.Re/c10-9-6-5-7-3-1-2-4-8(7)9;/h1-4,6,9H,5,10H2;/q-1;. The Morgan fingerprint density at radius 1 is 1.36 bits per heavy atom. The molecular formula is C9H10NRe-. The third-order valence-electron chi connectivity index (χ3n) is 2.01.